The summed E-state index contributed by atoms with van der Waals surface area (Å²) in [5.41, 5.74) is 0.822. The Bertz CT molecular complexity index is 785. The van der Waals surface area contributed by atoms with Crippen molar-refractivity contribution < 1.29 is 9.84 Å². The number of aliphatic hydroxyl groups excluding tert-OH is 1. The molecule has 2 unspecified atom stereocenters. The molecule has 1 heterocycles. The molecule has 2 aromatic carbocycles. The maximum absolute atomic E-state index is 10.6. The first-order chi connectivity index (χ1) is 14.2. The molecule has 0 spiro atoms. The zero-order valence-electron chi connectivity index (χ0n) is 17.3. The first kappa shape index (κ1) is 21.5. The second kappa shape index (κ2) is 11.1. The number of rotatable bonds is 8. The van der Waals surface area contributed by atoms with Crippen molar-refractivity contribution in [3.05, 3.63) is 60.2 Å². The Labute approximate surface area is 178 Å². The average Bonchev–Trinajstić information content (AvgIpc) is 3.24. The normalized spacial score (nSPS) is 18.0. The van der Waals surface area contributed by atoms with E-state index in [2.05, 4.69) is 47.5 Å². The van der Waals surface area contributed by atoms with Gasteiger partial charge in [0.1, 0.15) is 5.75 Å². The minimum absolute atomic E-state index is 0.329. The molecular formula is C23H31N3O2S. The summed E-state index contributed by atoms with van der Waals surface area (Å²) in [5.74, 6) is 3.40. The van der Waals surface area contributed by atoms with Crippen molar-refractivity contribution in [1.29, 1.82) is 0 Å². The molecule has 1 aliphatic heterocycles. The van der Waals surface area contributed by atoms with Crippen LogP contribution in [0.5, 0.6) is 5.75 Å². The number of nitrogens with one attached hydrogen (secondary N) is 1. The highest BCUT2D eigenvalue weighted by atomic mass is 32.2. The molecule has 0 amide bonds. The second-order valence-electron chi connectivity index (χ2n) is 7.21. The number of aliphatic hydroxyl groups is 1. The second-order valence-corrected chi connectivity index (χ2v) is 8.31. The van der Waals surface area contributed by atoms with Gasteiger partial charge >= 0.3 is 0 Å². The third-order valence-corrected chi connectivity index (χ3v) is 6.29. The van der Waals surface area contributed by atoms with E-state index >= 15 is 0 Å². The fourth-order valence-corrected chi connectivity index (χ4v) is 4.49. The number of ether oxygens (including phenoxy) is 1. The van der Waals surface area contributed by atoms with Crippen molar-refractivity contribution in [1.82, 2.24) is 10.2 Å². The predicted octanol–water partition coefficient (Wildman–Crippen LogP) is 3.81. The lowest BCUT2D eigenvalue weighted by atomic mass is 10.1. The monoisotopic (exact) mass is 413 g/mol. The summed E-state index contributed by atoms with van der Waals surface area (Å²) < 4.78 is 5.25. The summed E-state index contributed by atoms with van der Waals surface area (Å²) >= 11 is 1.92. The lowest BCUT2D eigenvalue weighted by Gasteiger charge is -2.22. The molecule has 1 aliphatic rings. The van der Waals surface area contributed by atoms with E-state index in [0.717, 1.165) is 42.7 Å². The van der Waals surface area contributed by atoms with Gasteiger partial charge in [-0.3, -0.25) is 4.99 Å². The maximum Gasteiger partial charge on any atom is 0.194 e. The summed E-state index contributed by atoms with van der Waals surface area (Å²) in [4.78, 5) is 8.36. The summed E-state index contributed by atoms with van der Waals surface area (Å²) in [6, 6.07) is 18.1. The van der Waals surface area contributed by atoms with Gasteiger partial charge in [-0.25, -0.2) is 0 Å². The summed E-state index contributed by atoms with van der Waals surface area (Å²) in [7, 11) is 1.63. The highest BCUT2D eigenvalue weighted by Gasteiger charge is 2.25. The molecule has 0 radical (unpaired) electrons. The van der Waals surface area contributed by atoms with Crippen LogP contribution in [0.4, 0.5) is 0 Å². The van der Waals surface area contributed by atoms with E-state index in [1.54, 1.807) is 7.11 Å². The van der Waals surface area contributed by atoms with Gasteiger partial charge in [0.15, 0.2) is 5.96 Å². The van der Waals surface area contributed by atoms with Crippen LogP contribution in [-0.2, 0) is 0 Å². The molecule has 0 aliphatic carbocycles. The highest BCUT2D eigenvalue weighted by Crippen LogP contribution is 2.26. The topological polar surface area (TPSA) is 57.1 Å². The van der Waals surface area contributed by atoms with Crippen LogP contribution in [0.3, 0.4) is 0 Å². The zero-order chi connectivity index (χ0) is 20.5. The van der Waals surface area contributed by atoms with Gasteiger partial charge in [0, 0.05) is 30.3 Å². The Hall–Kier alpha value is -2.18. The van der Waals surface area contributed by atoms with Crippen LogP contribution in [0.25, 0.3) is 0 Å². The van der Waals surface area contributed by atoms with E-state index in [1.807, 2.05) is 36.0 Å². The smallest absolute Gasteiger partial charge is 0.194 e. The molecule has 0 aromatic heterocycles. The number of thioether (sulfide) groups is 1. The van der Waals surface area contributed by atoms with Gasteiger partial charge in [0.25, 0.3) is 0 Å². The van der Waals surface area contributed by atoms with Crippen LogP contribution in [0.2, 0.25) is 0 Å². The molecule has 1 saturated heterocycles. The molecule has 1 fully saturated rings. The third-order valence-electron chi connectivity index (χ3n) is 5.04. The van der Waals surface area contributed by atoms with Crippen LogP contribution in [0, 0.1) is 5.92 Å². The van der Waals surface area contributed by atoms with Crippen molar-refractivity contribution >= 4 is 17.7 Å². The fraction of sp³-hybridized carbons (Fsp3) is 0.435. The summed E-state index contributed by atoms with van der Waals surface area (Å²) in [5, 5.41) is 13.9. The lowest BCUT2D eigenvalue weighted by Crippen LogP contribution is -2.40. The molecule has 2 atom stereocenters. The molecule has 2 N–H and O–H groups in total. The van der Waals surface area contributed by atoms with Crippen LogP contribution in [0.1, 0.15) is 25.0 Å². The van der Waals surface area contributed by atoms with E-state index in [9.17, 15) is 5.11 Å². The number of hydrogen-bond acceptors (Lipinski definition) is 4. The molecule has 5 nitrogen and oxygen atoms in total. The Balaban J connectivity index is 1.55. The Morgan fingerprint density at radius 1 is 1.28 bits per heavy atom. The largest absolute Gasteiger partial charge is 0.497 e. The van der Waals surface area contributed by atoms with Crippen molar-refractivity contribution in [3.63, 3.8) is 0 Å². The van der Waals surface area contributed by atoms with E-state index in [1.165, 1.54) is 11.3 Å². The maximum atomic E-state index is 10.6. The number of guanidine groups is 1. The number of likely N-dealkylation sites (tertiary alicyclic amines) is 1. The highest BCUT2D eigenvalue weighted by molar-refractivity contribution is 7.99. The van der Waals surface area contributed by atoms with Crippen LogP contribution >= 0.6 is 11.8 Å². The first-order valence-corrected chi connectivity index (χ1v) is 11.2. The van der Waals surface area contributed by atoms with Crippen molar-refractivity contribution in [2.75, 3.05) is 39.0 Å². The Morgan fingerprint density at radius 2 is 2.10 bits per heavy atom. The predicted molar refractivity (Wildman–Crippen MR) is 121 cm³/mol. The Kier molecular flexibility index (Phi) is 8.25. The van der Waals surface area contributed by atoms with Gasteiger partial charge < -0.3 is 20.1 Å². The molecule has 29 heavy (non-hydrogen) atoms. The molecular weight excluding hydrogens is 382 g/mol. The van der Waals surface area contributed by atoms with Crippen molar-refractivity contribution in [2.45, 2.75) is 24.3 Å². The van der Waals surface area contributed by atoms with Crippen molar-refractivity contribution in [2.24, 2.45) is 10.9 Å². The van der Waals surface area contributed by atoms with E-state index < -0.39 is 6.10 Å². The van der Waals surface area contributed by atoms with Gasteiger partial charge in [0.05, 0.1) is 19.8 Å². The lowest BCUT2D eigenvalue weighted by molar-refractivity contribution is 0.186. The van der Waals surface area contributed by atoms with Crippen LogP contribution in [-0.4, -0.2) is 55.0 Å². The number of benzene rings is 2. The van der Waals surface area contributed by atoms with Gasteiger partial charge in [-0.05, 0) is 49.1 Å². The average molecular weight is 414 g/mol. The van der Waals surface area contributed by atoms with Crippen LogP contribution in [0.15, 0.2) is 64.5 Å². The number of aliphatic imine (C=N–C) groups is 1. The SMILES string of the molecule is CCNC(=NCC(O)c1cccc(OC)c1)N1CCC(CSc2ccccc2)C1. The van der Waals surface area contributed by atoms with Gasteiger partial charge in [0.2, 0.25) is 0 Å². The van der Waals surface area contributed by atoms with E-state index in [4.69, 9.17) is 9.73 Å². The molecule has 2 aromatic rings. The molecule has 3 rings (SSSR count). The first-order valence-electron chi connectivity index (χ1n) is 10.2. The standard InChI is InChI=1S/C23H31N3O2S/c1-3-24-23(25-15-22(27)19-8-7-9-20(14-19)28-2)26-13-12-18(16-26)17-29-21-10-5-4-6-11-21/h4-11,14,18,22,27H,3,12-13,15-17H2,1-2H3,(H,24,25). The quantitative estimate of drug-likeness (QED) is 0.392. The van der Waals surface area contributed by atoms with Gasteiger partial charge in [-0.2, -0.15) is 0 Å². The number of methoxy groups -OCH3 is 1. The molecule has 0 saturated carbocycles. The zero-order valence-corrected chi connectivity index (χ0v) is 18.1. The minimum Gasteiger partial charge on any atom is -0.497 e. The third kappa shape index (κ3) is 6.41. The van der Waals surface area contributed by atoms with Crippen LogP contribution < -0.4 is 10.1 Å². The number of nitrogens with zero attached hydrogens (tertiary/aromatic N) is 2. The number of hydrogen-bond donors (Lipinski definition) is 2. The summed E-state index contributed by atoms with van der Waals surface area (Å²) in [6.07, 6.45) is 0.522. The molecule has 0 bridgehead atoms. The molecule has 156 valence electrons. The van der Waals surface area contributed by atoms with E-state index in [-0.39, 0.29) is 0 Å². The van der Waals surface area contributed by atoms with E-state index in [0.29, 0.717) is 12.5 Å². The molecule has 6 heteroatoms. The minimum atomic E-state index is -0.647. The summed E-state index contributed by atoms with van der Waals surface area (Å²) in [6.45, 7) is 5.22. The van der Waals surface area contributed by atoms with Crippen molar-refractivity contribution in [3.8, 4) is 5.75 Å². The fourth-order valence-electron chi connectivity index (χ4n) is 3.44. The Morgan fingerprint density at radius 3 is 2.86 bits per heavy atom. The van der Waals surface area contributed by atoms with Gasteiger partial charge in [-0.15, -0.1) is 11.8 Å². The van der Waals surface area contributed by atoms with Gasteiger partial charge in [-0.1, -0.05) is 30.3 Å².